The highest BCUT2D eigenvalue weighted by molar-refractivity contribution is 6.11. The lowest BCUT2D eigenvalue weighted by atomic mass is 9.87. The van der Waals surface area contributed by atoms with Crippen LogP contribution in [-0.4, -0.2) is 41.8 Å². The maximum Gasteiger partial charge on any atom is 0.390 e. The van der Waals surface area contributed by atoms with E-state index in [-0.39, 0.29) is 11.3 Å². The first-order chi connectivity index (χ1) is 14.5. The number of amides is 1. The molecule has 1 aliphatic rings. The van der Waals surface area contributed by atoms with Crippen LogP contribution >= 0.6 is 0 Å². The van der Waals surface area contributed by atoms with Gasteiger partial charge in [0.15, 0.2) is 0 Å². The average molecular weight is 441 g/mol. The number of halogens is 5. The van der Waals surface area contributed by atoms with Gasteiger partial charge in [-0.15, -0.1) is 0 Å². The van der Waals surface area contributed by atoms with E-state index in [1.54, 1.807) is 18.2 Å². The summed E-state index contributed by atoms with van der Waals surface area (Å²) in [6.07, 6.45) is -3.05. The molecule has 0 aliphatic heterocycles. The van der Waals surface area contributed by atoms with E-state index in [1.165, 1.54) is 12.4 Å². The Hall–Kier alpha value is -3.24. The minimum absolute atomic E-state index is 0.0600. The van der Waals surface area contributed by atoms with E-state index in [1.807, 2.05) is 0 Å². The van der Waals surface area contributed by atoms with E-state index >= 15 is 0 Å². The molecule has 0 atom stereocenters. The van der Waals surface area contributed by atoms with Crippen LogP contribution in [0.25, 0.3) is 16.5 Å². The molecule has 1 heterocycles. The Morgan fingerprint density at radius 1 is 1.32 bits per heavy atom. The molecule has 6 nitrogen and oxygen atoms in total. The molecule has 1 amide bonds. The summed E-state index contributed by atoms with van der Waals surface area (Å²) in [6.45, 7) is -0.630. The van der Waals surface area contributed by atoms with Gasteiger partial charge in [0.25, 0.3) is 11.8 Å². The third kappa shape index (κ3) is 5.28. The van der Waals surface area contributed by atoms with Crippen LogP contribution in [0.2, 0.25) is 0 Å². The summed E-state index contributed by atoms with van der Waals surface area (Å²) in [7, 11) is 0. The minimum Gasteiger partial charge on any atom is -0.404 e. The Labute approximate surface area is 174 Å². The van der Waals surface area contributed by atoms with Gasteiger partial charge in [0.05, 0.1) is 23.2 Å². The normalized spacial score (nSPS) is 16.6. The van der Waals surface area contributed by atoms with Crippen molar-refractivity contribution in [3.8, 4) is 0 Å². The van der Waals surface area contributed by atoms with Crippen LogP contribution in [-0.2, 0) is 0 Å². The molecule has 166 valence electrons. The second kappa shape index (κ2) is 8.48. The van der Waals surface area contributed by atoms with Crippen LogP contribution in [0.5, 0.6) is 0 Å². The first kappa shape index (κ1) is 22.4. The molecule has 2 aromatic rings. The quantitative estimate of drug-likeness (QED) is 0.384. The highest BCUT2D eigenvalue weighted by Gasteiger charge is 2.45. The largest absolute Gasteiger partial charge is 0.404 e. The zero-order valence-electron chi connectivity index (χ0n) is 16.2. The monoisotopic (exact) mass is 441 g/mol. The van der Waals surface area contributed by atoms with Gasteiger partial charge >= 0.3 is 6.18 Å². The van der Waals surface area contributed by atoms with Gasteiger partial charge in [-0.2, -0.15) is 13.2 Å². The van der Waals surface area contributed by atoms with Crippen LogP contribution < -0.4 is 16.4 Å². The molecule has 0 radical (unpaired) electrons. The zero-order chi connectivity index (χ0) is 22.8. The van der Waals surface area contributed by atoms with Gasteiger partial charge in [0.2, 0.25) is 0 Å². The predicted octanol–water partition coefficient (Wildman–Crippen LogP) is 4.08. The summed E-state index contributed by atoms with van der Waals surface area (Å²) in [5.74, 6) is -3.62. The van der Waals surface area contributed by atoms with Crippen molar-refractivity contribution in [2.24, 2.45) is 5.73 Å². The van der Waals surface area contributed by atoms with Crippen molar-refractivity contribution in [1.82, 2.24) is 10.3 Å². The van der Waals surface area contributed by atoms with E-state index < -0.39 is 49.9 Å². The number of benzene rings is 1. The number of allylic oxidation sites excluding steroid dienone is 1. The van der Waals surface area contributed by atoms with Crippen LogP contribution in [0, 0.1) is 5.41 Å². The second-order valence-corrected chi connectivity index (χ2v) is 7.27. The fraction of sp³-hybridized carbons (Fsp3) is 0.350. The number of carbonyl (C=O) groups excluding carboxylic acids is 1. The van der Waals surface area contributed by atoms with Gasteiger partial charge < -0.3 is 21.8 Å². The lowest BCUT2D eigenvalue weighted by molar-refractivity contribution is -0.133. The molecule has 1 saturated carbocycles. The molecular weight excluding hydrogens is 421 g/mol. The van der Waals surface area contributed by atoms with Gasteiger partial charge in [-0.3, -0.25) is 9.78 Å². The van der Waals surface area contributed by atoms with E-state index in [0.717, 1.165) is 6.21 Å². The van der Waals surface area contributed by atoms with Crippen molar-refractivity contribution in [3.63, 3.8) is 0 Å². The van der Waals surface area contributed by atoms with Gasteiger partial charge in [-0.1, -0.05) is 6.07 Å². The minimum atomic E-state index is -4.43. The van der Waals surface area contributed by atoms with E-state index in [2.05, 4.69) is 15.6 Å². The van der Waals surface area contributed by atoms with Crippen LogP contribution in [0.1, 0.15) is 35.2 Å². The standard InChI is InChI=1S/C20H20F5N5O/c21-19(22)6-13(7-19)30-17-14-5-11(12(8-26)9-27)1-2-16(14)29-10-15(17)18(31)28-4-3-20(23,24)25/h1-2,5,8-10,13,26H,3-4,6-7,27H2,(H,28,31)(H,29,30)/b12-9+,26-8?. The number of nitrogens with one attached hydrogen (secondary N) is 3. The Bertz CT molecular complexity index is 1030. The fourth-order valence-corrected chi connectivity index (χ4v) is 3.31. The topological polar surface area (TPSA) is 104 Å². The maximum atomic E-state index is 13.3. The number of aromatic nitrogens is 1. The summed E-state index contributed by atoms with van der Waals surface area (Å²) in [5.41, 5.74) is 7.00. The molecule has 1 aliphatic carbocycles. The number of hydrogen-bond acceptors (Lipinski definition) is 5. The molecule has 3 rings (SSSR count). The number of fused-ring (bicyclic) bond motifs is 1. The molecule has 1 fully saturated rings. The van der Waals surface area contributed by atoms with Gasteiger partial charge in [0, 0.05) is 55.0 Å². The Morgan fingerprint density at radius 3 is 2.61 bits per heavy atom. The smallest absolute Gasteiger partial charge is 0.390 e. The SMILES string of the molecule is N=C/C(=C\N)c1ccc2ncc(C(=O)NCCC(F)(F)F)c(NC3CC(F)(F)C3)c2c1. The van der Waals surface area contributed by atoms with E-state index in [9.17, 15) is 26.7 Å². The molecule has 0 bridgehead atoms. The molecule has 1 aromatic carbocycles. The summed E-state index contributed by atoms with van der Waals surface area (Å²) in [4.78, 5) is 16.7. The molecule has 0 unspecified atom stereocenters. The predicted molar refractivity (Wildman–Crippen MR) is 107 cm³/mol. The van der Waals surface area contributed by atoms with E-state index in [0.29, 0.717) is 22.0 Å². The fourth-order valence-electron chi connectivity index (χ4n) is 3.31. The number of carbonyl (C=O) groups is 1. The number of nitrogens with two attached hydrogens (primary N) is 1. The number of pyridine rings is 1. The molecule has 5 N–H and O–H groups in total. The van der Waals surface area contributed by atoms with Crippen molar-refractivity contribution >= 4 is 34.3 Å². The molecule has 11 heteroatoms. The van der Waals surface area contributed by atoms with Crippen molar-refractivity contribution in [2.75, 3.05) is 11.9 Å². The van der Waals surface area contributed by atoms with Gasteiger partial charge in [-0.05, 0) is 17.7 Å². The van der Waals surface area contributed by atoms with Crippen molar-refractivity contribution < 1.29 is 26.7 Å². The number of rotatable bonds is 7. The highest BCUT2D eigenvalue weighted by Crippen LogP contribution is 2.40. The van der Waals surface area contributed by atoms with Gasteiger partial charge in [-0.25, -0.2) is 8.78 Å². The second-order valence-electron chi connectivity index (χ2n) is 7.27. The lowest BCUT2D eigenvalue weighted by Crippen LogP contribution is -2.44. The molecule has 31 heavy (non-hydrogen) atoms. The highest BCUT2D eigenvalue weighted by atomic mass is 19.4. The van der Waals surface area contributed by atoms with Crippen LogP contribution in [0.3, 0.4) is 0 Å². The molecular formula is C20H20F5N5O. The number of hydrogen-bond donors (Lipinski definition) is 4. The van der Waals surface area contributed by atoms with Crippen molar-refractivity contribution in [1.29, 1.82) is 5.41 Å². The lowest BCUT2D eigenvalue weighted by Gasteiger charge is -2.36. The summed E-state index contributed by atoms with van der Waals surface area (Å²) >= 11 is 0. The molecule has 0 spiro atoms. The average Bonchev–Trinajstić information content (AvgIpc) is 2.66. The zero-order valence-corrected chi connectivity index (χ0v) is 16.2. The van der Waals surface area contributed by atoms with Crippen LogP contribution in [0.15, 0.2) is 30.6 Å². The van der Waals surface area contributed by atoms with E-state index in [4.69, 9.17) is 11.1 Å². The summed E-state index contributed by atoms with van der Waals surface area (Å²) in [5, 5.41) is 13.0. The third-order valence-electron chi connectivity index (χ3n) is 4.91. The third-order valence-corrected chi connectivity index (χ3v) is 4.91. The van der Waals surface area contributed by atoms with Gasteiger partial charge in [0.1, 0.15) is 0 Å². The number of anilines is 1. The summed E-state index contributed by atoms with van der Waals surface area (Å²) in [6, 6.07) is 4.25. The van der Waals surface area contributed by atoms with Crippen molar-refractivity contribution in [2.45, 2.75) is 37.4 Å². The molecule has 1 aromatic heterocycles. The number of alkyl halides is 5. The first-order valence-corrected chi connectivity index (χ1v) is 9.38. The molecule has 0 saturated heterocycles. The Balaban J connectivity index is 2.00. The number of nitrogens with zero attached hydrogens (tertiary/aromatic N) is 1. The van der Waals surface area contributed by atoms with Crippen LogP contribution in [0.4, 0.5) is 27.6 Å². The maximum absolute atomic E-state index is 13.3. The first-order valence-electron chi connectivity index (χ1n) is 9.38. The van der Waals surface area contributed by atoms with Crippen molar-refractivity contribution in [3.05, 3.63) is 41.7 Å². The Kier molecular flexibility index (Phi) is 6.14. The Morgan fingerprint density at radius 2 is 2.03 bits per heavy atom. The summed E-state index contributed by atoms with van der Waals surface area (Å²) < 4.78 is 63.8.